The van der Waals surface area contributed by atoms with Gasteiger partial charge in [-0.2, -0.15) is 5.26 Å². The Labute approximate surface area is 202 Å². The number of para-hydroxylation sites is 1. The predicted molar refractivity (Wildman–Crippen MR) is 134 cm³/mol. The zero-order valence-corrected chi connectivity index (χ0v) is 19.8. The number of hydrogen-bond donors (Lipinski definition) is 2. The van der Waals surface area contributed by atoms with Crippen LogP contribution in [0.4, 0.5) is 0 Å². The van der Waals surface area contributed by atoms with Crippen LogP contribution in [0.2, 0.25) is 10.0 Å². The molecule has 0 fully saturated rings. The third kappa shape index (κ3) is 4.68. The van der Waals surface area contributed by atoms with E-state index in [0.29, 0.717) is 23.0 Å². The predicted octanol–water partition coefficient (Wildman–Crippen LogP) is 6.15. The van der Waals surface area contributed by atoms with E-state index in [1.807, 2.05) is 67.1 Å². The summed E-state index contributed by atoms with van der Waals surface area (Å²) < 4.78 is 1.98. The molecule has 4 rings (SSSR count). The summed E-state index contributed by atoms with van der Waals surface area (Å²) in [6, 6.07) is 17.3. The first-order chi connectivity index (χ1) is 15.9. The molecule has 2 N–H and O–H groups in total. The van der Waals surface area contributed by atoms with Gasteiger partial charge >= 0.3 is 0 Å². The summed E-state index contributed by atoms with van der Waals surface area (Å²) in [4.78, 5) is 15.9. The summed E-state index contributed by atoms with van der Waals surface area (Å²) in [5.74, 6) is -0.397. The van der Waals surface area contributed by atoms with Crippen molar-refractivity contribution in [3.05, 3.63) is 92.9 Å². The van der Waals surface area contributed by atoms with Gasteiger partial charge < -0.3 is 14.9 Å². The number of nitrogens with one attached hydrogen (secondary N) is 2. The number of hydrogen-bond acceptors (Lipinski definition) is 2. The molecular weight excluding hydrogens is 455 g/mol. The molecule has 0 radical (unpaired) electrons. The Morgan fingerprint density at radius 1 is 1.18 bits per heavy atom. The number of aromatic amines is 1. The minimum absolute atomic E-state index is 0.0522. The van der Waals surface area contributed by atoms with E-state index in [9.17, 15) is 10.1 Å². The lowest BCUT2D eigenvalue weighted by Gasteiger charge is -2.12. The zero-order valence-electron chi connectivity index (χ0n) is 18.2. The minimum atomic E-state index is -0.397. The summed E-state index contributed by atoms with van der Waals surface area (Å²) in [6.45, 7) is 4.30. The number of carbonyl (C=O) groups excluding carboxylic acids is 1. The smallest absolute Gasteiger partial charge is 0.261 e. The molecule has 0 saturated carbocycles. The van der Waals surface area contributed by atoms with Crippen molar-refractivity contribution in [1.29, 1.82) is 5.26 Å². The summed E-state index contributed by atoms with van der Waals surface area (Å²) >= 11 is 12.4. The lowest BCUT2D eigenvalue weighted by Crippen LogP contribution is -2.26. The average molecular weight is 477 g/mol. The SMILES string of the molecule is Cc1cc(/C=C(/C#N)C(=O)NCCc2c[nH]c3ccccc23)c(C)n1-c1ccc(Cl)cc1Cl. The fourth-order valence-electron chi connectivity index (χ4n) is 4.02. The van der Waals surface area contributed by atoms with E-state index < -0.39 is 5.91 Å². The van der Waals surface area contributed by atoms with E-state index in [0.717, 1.165) is 39.1 Å². The quantitative estimate of drug-likeness (QED) is 0.258. The fraction of sp³-hybridized carbons (Fsp3) is 0.154. The number of H-pyrrole nitrogens is 1. The molecule has 0 bridgehead atoms. The van der Waals surface area contributed by atoms with Crippen LogP contribution < -0.4 is 5.32 Å². The van der Waals surface area contributed by atoms with E-state index in [4.69, 9.17) is 23.2 Å². The van der Waals surface area contributed by atoms with Crippen LogP contribution in [0.15, 0.2) is 60.3 Å². The van der Waals surface area contributed by atoms with E-state index in [1.165, 1.54) is 0 Å². The van der Waals surface area contributed by atoms with Crippen LogP contribution >= 0.6 is 23.2 Å². The van der Waals surface area contributed by atoms with Gasteiger partial charge in [-0.05, 0) is 67.8 Å². The number of carbonyl (C=O) groups is 1. The number of amides is 1. The van der Waals surface area contributed by atoms with Crippen molar-refractivity contribution < 1.29 is 4.79 Å². The minimum Gasteiger partial charge on any atom is -0.361 e. The normalized spacial score (nSPS) is 11.5. The van der Waals surface area contributed by atoms with Crippen molar-refractivity contribution in [2.24, 2.45) is 0 Å². The van der Waals surface area contributed by atoms with Crippen LogP contribution in [0.3, 0.4) is 0 Å². The van der Waals surface area contributed by atoms with Crippen LogP contribution in [0.5, 0.6) is 0 Å². The number of aryl methyl sites for hydroxylation is 1. The number of nitriles is 1. The molecule has 2 aromatic carbocycles. The molecule has 0 spiro atoms. The number of fused-ring (bicyclic) bond motifs is 1. The lowest BCUT2D eigenvalue weighted by molar-refractivity contribution is -0.117. The van der Waals surface area contributed by atoms with Crippen molar-refractivity contribution in [3.63, 3.8) is 0 Å². The van der Waals surface area contributed by atoms with E-state index in [-0.39, 0.29) is 5.57 Å². The van der Waals surface area contributed by atoms with E-state index in [2.05, 4.69) is 10.3 Å². The second-order valence-electron chi connectivity index (χ2n) is 7.79. The maximum Gasteiger partial charge on any atom is 0.261 e. The highest BCUT2D eigenvalue weighted by Gasteiger charge is 2.15. The Morgan fingerprint density at radius 3 is 2.73 bits per heavy atom. The molecule has 2 aromatic heterocycles. The Balaban J connectivity index is 1.51. The van der Waals surface area contributed by atoms with Crippen LogP contribution in [0.25, 0.3) is 22.7 Å². The number of aromatic nitrogens is 2. The van der Waals surface area contributed by atoms with E-state index in [1.54, 1.807) is 18.2 Å². The highest BCUT2D eigenvalue weighted by atomic mass is 35.5. The number of rotatable bonds is 6. The molecule has 0 saturated heterocycles. The molecule has 33 heavy (non-hydrogen) atoms. The second kappa shape index (κ2) is 9.58. The van der Waals surface area contributed by atoms with Crippen molar-refractivity contribution in [3.8, 4) is 11.8 Å². The second-order valence-corrected chi connectivity index (χ2v) is 8.64. The summed E-state index contributed by atoms with van der Waals surface area (Å²) in [5, 5.41) is 14.7. The monoisotopic (exact) mass is 476 g/mol. The summed E-state index contributed by atoms with van der Waals surface area (Å²) in [7, 11) is 0. The zero-order chi connectivity index (χ0) is 23.5. The summed E-state index contributed by atoms with van der Waals surface area (Å²) in [6.07, 6.45) is 4.23. The Hall–Kier alpha value is -3.46. The Kier molecular flexibility index (Phi) is 6.60. The topological polar surface area (TPSA) is 73.6 Å². The van der Waals surface area contributed by atoms with Gasteiger partial charge in [0.05, 0.1) is 10.7 Å². The number of halogens is 2. The third-order valence-electron chi connectivity index (χ3n) is 5.64. The van der Waals surface area contributed by atoms with Gasteiger partial charge in [-0.25, -0.2) is 0 Å². The molecule has 1 amide bonds. The van der Waals surface area contributed by atoms with Crippen molar-refractivity contribution >= 4 is 46.1 Å². The largest absolute Gasteiger partial charge is 0.361 e. The van der Waals surface area contributed by atoms with Gasteiger partial charge in [-0.1, -0.05) is 41.4 Å². The van der Waals surface area contributed by atoms with Crippen LogP contribution in [0.1, 0.15) is 22.5 Å². The highest BCUT2D eigenvalue weighted by molar-refractivity contribution is 6.35. The number of benzene rings is 2. The molecule has 166 valence electrons. The van der Waals surface area contributed by atoms with Crippen LogP contribution in [-0.4, -0.2) is 22.0 Å². The molecule has 4 aromatic rings. The molecule has 2 heterocycles. The van der Waals surface area contributed by atoms with Crippen LogP contribution in [0, 0.1) is 25.2 Å². The van der Waals surface area contributed by atoms with Gasteiger partial charge in [0.1, 0.15) is 11.6 Å². The van der Waals surface area contributed by atoms with Gasteiger partial charge in [0.2, 0.25) is 0 Å². The maximum atomic E-state index is 12.7. The van der Waals surface area contributed by atoms with Gasteiger partial charge in [0.15, 0.2) is 0 Å². The fourth-order valence-corrected chi connectivity index (χ4v) is 4.51. The molecule has 0 unspecified atom stereocenters. The summed E-state index contributed by atoms with van der Waals surface area (Å²) in [5.41, 5.74) is 5.61. The van der Waals surface area contributed by atoms with Crippen LogP contribution in [-0.2, 0) is 11.2 Å². The first kappa shape index (κ1) is 22.7. The van der Waals surface area contributed by atoms with E-state index >= 15 is 0 Å². The van der Waals surface area contributed by atoms with Gasteiger partial charge in [0, 0.05) is 40.1 Å². The van der Waals surface area contributed by atoms with Gasteiger partial charge in [-0.15, -0.1) is 0 Å². The standard InChI is InChI=1S/C26H22Cl2N4O/c1-16-11-19(17(2)32(16)25-8-7-21(27)13-23(25)28)12-20(14-29)26(33)30-10-9-18-15-31-24-6-4-3-5-22(18)24/h3-8,11-13,15,31H,9-10H2,1-2H3,(H,30,33)/b20-12-. The number of nitrogens with zero attached hydrogens (tertiary/aromatic N) is 2. The van der Waals surface area contributed by atoms with Gasteiger partial charge in [-0.3, -0.25) is 4.79 Å². The Morgan fingerprint density at radius 2 is 1.97 bits per heavy atom. The average Bonchev–Trinajstić information content (AvgIpc) is 3.32. The third-order valence-corrected chi connectivity index (χ3v) is 6.18. The molecule has 0 aliphatic heterocycles. The highest BCUT2D eigenvalue weighted by Crippen LogP contribution is 2.29. The Bertz CT molecular complexity index is 1420. The van der Waals surface area contributed by atoms with Crippen molar-refractivity contribution in [2.45, 2.75) is 20.3 Å². The molecule has 0 atom stereocenters. The first-order valence-electron chi connectivity index (χ1n) is 10.5. The van der Waals surface area contributed by atoms with Crippen molar-refractivity contribution in [1.82, 2.24) is 14.9 Å². The molecule has 0 aliphatic rings. The molecule has 7 heteroatoms. The maximum absolute atomic E-state index is 12.7. The van der Waals surface area contributed by atoms with Gasteiger partial charge in [0.25, 0.3) is 5.91 Å². The molecular formula is C26H22Cl2N4O. The molecule has 0 aliphatic carbocycles. The molecule has 5 nitrogen and oxygen atoms in total. The lowest BCUT2D eigenvalue weighted by atomic mass is 10.1. The van der Waals surface area contributed by atoms with Crippen molar-refractivity contribution in [2.75, 3.05) is 6.54 Å². The first-order valence-corrected chi connectivity index (χ1v) is 11.2.